The van der Waals surface area contributed by atoms with E-state index in [-0.39, 0.29) is 42.0 Å². The highest BCUT2D eigenvalue weighted by Crippen LogP contribution is 2.45. The van der Waals surface area contributed by atoms with Crippen LogP contribution in [0.25, 0.3) is 0 Å². The van der Waals surface area contributed by atoms with Gasteiger partial charge in [0, 0.05) is 32.6 Å². The normalized spacial score (nSPS) is 21.0. The molecule has 0 fully saturated rings. The highest BCUT2D eigenvalue weighted by Gasteiger charge is 2.40. The Labute approximate surface area is 182 Å². The number of hydrogen-bond donors (Lipinski definition) is 3. The van der Waals surface area contributed by atoms with E-state index in [4.69, 9.17) is 4.74 Å². The maximum atomic E-state index is 13.3. The molecule has 0 bridgehead atoms. The molecule has 2 aliphatic rings. The van der Waals surface area contributed by atoms with E-state index < -0.39 is 29.4 Å². The molecule has 2 aliphatic heterocycles. The summed E-state index contributed by atoms with van der Waals surface area (Å²) < 4.78 is 20.9. The number of aromatic nitrogens is 1. The Hall–Kier alpha value is -3.53. The summed E-state index contributed by atoms with van der Waals surface area (Å²) in [5.41, 5.74) is 0.299. The highest BCUT2D eigenvalue weighted by molar-refractivity contribution is 5.98. The summed E-state index contributed by atoms with van der Waals surface area (Å²) >= 11 is 0. The molecule has 0 spiro atoms. The second-order valence-electron chi connectivity index (χ2n) is 7.84. The number of aromatic hydroxyl groups is 1. The molecule has 3 N–H and O–H groups in total. The Balaban J connectivity index is 1.79. The molecule has 2 amide bonds. The third-order valence-corrected chi connectivity index (χ3v) is 5.65. The average molecular weight is 442 g/mol. The van der Waals surface area contributed by atoms with Gasteiger partial charge >= 0.3 is 0 Å². The summed E-state index contributed by atoms with van der Waals surface area (Å²) in [5.74, 6) is -2.11. The molecule has 1 aromatic carbocycles. The summed E-state index contributed by atoms with van der Waals surface area (Å²) in [6.07, 6.45) is 0.871. The molecular formula is C22H23FN4O5. The first-order valence-electron chi connectivity index (χ1n) is 10.2. The molecule has 3 atom stereocenters. The Morgan fingerprint density at radius 1 is 1.31 bits per heavy atom. The van der Waals surface area contributed by atoms with Crippen molar-refractivity contribution in [2.45, 2.75) is 32.1 Å². The van der Waals surface area contributed by atoms with Crippen LogP contribution in [0, 0.1) is 11.7 Å². The molecule has 4 rings (SSSR count). The number of rotatable bonds is 5. The third kappa shape index (κ3) is 3.89. The molecule has 32 heavy (non-hydrogen) atoms. The second kappa shape index (κ2) is 8.54. The molecule has 1 aromatic heterocycles. The first kappa shape index (κ1) is 21.7. The molecule has 9 nitrogen and oxygen atoms in total. The molecular weight excluding hydrogens is 419 g/mol. The summed E-state index contributed by atoms with van der Waals surface area (Å²) in [6, 6.07) is 6.05. The predicted octanol–water partition coefficient (Wildman–Crippen LogP) is 1.20. The fourth-order valence-electron chi connectivity index (χ4n) is 4.13. The van der Waals surface area contributed by atoms with Gasteiger partial charge in [-0.05, 0) is 24.1 Å². The molecule has 10 heteroatoms. The minimum atomic E-state index is -0.718. The van der Waals surface area contributed by atoms with E-state index in [2.05, 4.69) is 15.6 Å². The topological polar surface area (TPSA) is 122 Å². The average Bonchev–Trinajstić information content (AvgIpc) is 2.78. The lowest BCUT2D eigenvalue weighted by Gasteiger charge is -2.39. The molecule has 2 unspecified atom stereocenters. The van der Waals surface area contributed by atoms with Crippen molar-refractivity contribution < 1.29 is 23.8 Å². The van der Waals surface area contributed by atoms with Crippen LogP contribution in [-0.4, -0.2) is 47.4 Å². The number of nitrogens with zero attached hydrogens (tertiary/aromatic N) is 2. The van der Waals surface area contributed by atoms with Crippen molar-refractivity contribution in [3.63, 3.8) is 0 Å². The van der Waals surface area contributed by atoms with Gasteiger partial charge in [0.05, 0.1) is 18.3 Å². The lowest BCUT2D eigenvalue weighted by Crippen LogP contribution is -2.47. The van der Waals surface area contributed by atoms with E-state index in [1.807, 2.05) is 0 Å². The van der Waals surface area contributed by atoms with Crippen molar-refractivity contribution in [3.05, 3.63) is 57.3 Å². The molecule has 168 valence electrons. The number of ether oxygens (including phenoxy) is 1. The van der Waals surface area contributed by atoms with Crippen LogP contribution in [0.2, 0.25) is 0 Å². The van der Waals surface area contributed by atoms with Gasteiger partial charge in [-0.2, -0.15) is 0 Å². The fourth-order valence-corrected chi connectivity index (χ4v) is 4.13. The van der Waals surface area contributed by atoms with Gasteiger partial charge in [-0.1, -0.05) is 12.1 Å². The van der Waals surface area contributed by atoms with Crippen molar-refractivity contribution in [1.29, 1.82) is 0 Å². The number of aliphatic imine (C=N–C) groups is 1. The standard InChI is InChI=1S/C22H23FN4O5/c1-11(28)25-9-15-10-27-18-17(19(29)16(22(27)31)21(30)24-2)26-8-13(20(18)32-15)7-12-3-5-14(23)6-4-12/h3-6,8,13,15,20,29H,7,9-10H2,1-2H3,(H,24,30)(H,25,28)/t13?,15-,20?/m1/s1. The SMILES string of the molecule is CNC(=O)c1c(O)c2c3n(c1=O)C[C@@H](CNC(C)=O)OC3C(Cc1ccc(F)cc1)C=N2. The largest absolute Gasteiger partial charge is 0.505 e. The van der Waals surface area contributed by atoms with Gasteiger partial charge in [0.2, 0.25) is 5.91 Å². The number of hydrogen-bond acceptors (Lipinski definition) is 6. The van der Waals surface area contributed by atoms with Gasteiger partial charge in [0.15, 0.2) is 5.75 Å². The number of carbonyl (C=O) groups excluding carboxylic acids is 2. The van der Waals surface area contributed by atoms with Gasteiger partial charge < -0.3 is 25.0 Å². The lowest BCUT2D eigenvalue weighted by molar-refractivity contribution is -0.121. The van der Waals surface area contributed by atoms with Crippen molar-refractivity contribution in [2.24, 2.45) is 10.9 Å². The van der Waals surface area contributed by atoms with Gasteiger partial charge in [-0.3, -0.25) is 19.4 Å². The van der Waals surface area contributed by atoms with E-state index in [0.29, 0.717) is 12.1 Å². The van der Waals surface area contributed by atoms with Crippen LogP contribution in [0.4, 0.5) is 10.1 Å². The van der Waals surface area contributed by atoms with E-state index in [1.54, 1.807) is 18.3 Å². The van der Waals surface area contributed by atoms with Crippen LogP contribution in [-0.2, 0) is 22.5 Å². The van der Waals surface area contributed by atoms with Gasteiger partial charge in [0.1, 0.15) is 23.2 Å². The molecule has 0 aliphatic carbocycles. The zero-order chi connectivity index (χ0) is 23.0. The number of benzene rings is 1. The summed E-state index contributed by atoms with van der Waals surface area (Å²) in [7, 11) is 1.37. The zero-order valence-electron chi connectivity index (χ0n) is 17.6. The van der Waals surface area contributed by atoms with Crippen molar-refractivity contribution in [2.75, 3.05) is 13.6 Å². The number of nitrogens with one attached hydrogen (secondary N) is 2. The highest BCUT2D eigenvalue weighted by atomic mass is 19.1. The zero-order valence-corrected chi connectivity index (χ0v) is 17.6. The second-order valence-corrected chi connectivity index (χ2v) is 7.84. The monoisotopic (exact) mass is 442 g/mol. The Kier molecular flexibility index (Phi) is 5.79. The Morgan fingerprint density at radius 3 is 2.69 bits per heavy atom. The van der Waals surface area contributed by atoms with E-state index in [0.717, 1.165) is 5.56 Å². The summed E-state index contributed by atoms with van der Waals surface area (Å²) in [4.78, 5) is 41.2. The van der Waals surface area contributed by atoms with Gasteiger partial charge in [-0.25, -0.2) is 4.39 Å². The maximum Gasteiger partial charge on any atom is 0.267 e. The van der Waals surface area contributed by atoms with Crippen LogP contribution in [0.3, 0.4) is 0 Å². The van der Waals surface area contributed by atoms with Crippen LogP contribution in [0.1, 0.15) is 34.6 Å². The van der Waals surface area contributed by atoms with Crippen LogP contribution in [0.15, 0.2) is 34.1 Å². The smallest absolute Gasteiger partial charge is 0.267 e. The van der Waals surface area contributed by atoms with Crippen molar-refractivity contribution >= 4 is 23.7 Å². The first-order chi connectivity index (χ1) is 15.3. The van der Waals surface area contributed by atoms with Crippen LogP contribution < -0.4 is 16.2 Å². The van der Waals surface area contributed by atoms with Gasteiger partial charge in [-0.15, -0.1) is 0 Å². The molecule has 0 saturated carbocycles. The van der Waals surface area contributed by atoms with E-state index in [9.17, 15) is 23.9 Å². The molecule has 0 radical (unpaired) electrons. The number of amides is 2. The minimum absolute atomic E-state index is 0.0843. The summed E-state index contributed by atoms with van der Waals surface area (Å²) in [6.45, 7) is 1.64. The van der Waals surface area contributed by atoms with Gasteiger partial charge in [0.25, 0.3) is 11.5 Å². The number of halogens is 1. The first-order valence-corrected chi connectivity index (χ1v) is 10.2. The maximum absolute atomic E-state index is 13.3. The Morgan fingerprint density at radius 2 is 2.03 bits per heavy atom. The van der Waals surface area contributed by atoms with E-state index in [1.165, 1.54) is 30.7 Å². The number of carbonyl (C=O) groups is 2. The molecule has 3 heterocycles. The predicted molar refractivity (Wildman–Crippen MR) is 114 cm³/mol. The third-order valence-electron chi connectivity index (χ3n) is 5.65. The molecule has 2 aromatic rings. The minimum Gasteiger partial charge on any atom is -0.505 e. The van der Waals surface area contributed by atoms with Crippen LogP contribution in [0.5, 0.6) is 5.75 Å². The Bertz CT molecular complexity index is 1160. The summed E-state index contributed by atoms with van der Waals surface area (Å²) in [5, 5.41) is 15.7. The molecule has 0 saturated heterocycles. The fraction of sp³-hybridized carbons (Fsp3) is 0.364. The van der Waals surface area contributed by atoms with Crippen LogP contribution >= 0.6 is 0 Å². The van der Waals surface area contributed by atoms with E-state index >= 15 is 0 Å². The van der Waals surface area contributed by atoms with Crippen molar-refractivity contribution in [3.8, 4) is 5.75 Å². The van der Waals surface area contributed by atoms with Crippen molar-refractivity contribution in [1.82, 2.24) is 15.2 Å². The lowest BCUT2D eigenvalue weighted by atomic mass is 9.88. The number of pyridine rings is 1. The quantitative estimate of drug-likeness (QED) is 0.643.